The molecule has 0 saturated carbocycles. The van der Waals surface area contributed by atoms with E-state index in [-0.39, 0.29) is 15.8 Å². The third-order valence-electron chi connectivity index (χ3n) is 2.06. The summed E-state index contributed by atoms with van der Waals surface area (Å²) in [7, 11) is -3.58. The molecule has 0 unspecified atom stereocenters. The Morgan fingerprint density at radius 3 is 2.69 bits per heavy atom. The minimum Gasteiger partial charge on any atom is -0.478 e. The lowest BCUT2D eigenvalue weighted by Crippen LogP contribution is -2.31. The van der Waals surface area contributed by atoms with Gasteiger partial charge < -0.3 is 5.11 Å². The number of hydrogen-bond donors (Lipinski definition) is 2. The Bertz CT molecular complexity index is 477. The van der Waals surface area contributed by atoms with Crippen LogP contribution in [0.25, 0.3) is 0 Å². The summed E-state index contributed by atoms with van der Waals surface area (Å²) in [5.74, 6) is -1.12. The lowest BCUT2D eigenvalue weighted by atomic mass is 10.3. The predicted molar refractivity (Wildman–Crippen MR) is 61.4 cm³/mol. The zero-order valence-electron chi connectivity index (χ0n) is 8.93. The van der Waals surface area contributed by atoms with Crippen LogP contribution in [0, 0.1) is 0 Å². The van der Waals surface area contributed by atoms with Crippen molar-refractivity contribution in [1.82, 2.24) is 4.72 Å². The second-order valence-corrected chi connectivity index (χ2v) is 6.24. The summed E-state index contributed by atoms with van der Waals surface area (Å²) in [4.78, 5) is 10.6. The van der Waals surface area contributed by atoms with Crippen molar-refractivity contribution in [3.8, 4) is 0 Å². The summed E-state index contributed by atoms with van der Waals surface area (Å²) >= 11 is 0.906. The van der Waals surface area contributed by atoms with Crippen molar-refractivity contribution in [3.05, 3.63) is 17.0 Å². The molecule has 1 aromatic rings. The number of thiophene rings is 1. The van der Waals surface area contributed by atoms with Gasteiger partial charge in [0.25, 0.3) is 0 Å². The second kappa shape index (κ2) is 4.94. The van der Waals surface area contributed by atoms with E-state index in [2.05, 4.69) is 4.72 Å². The molecule has 0 aliphatic carbocycles. The number of carbonyl (C=O) groups is 1. The van der Waals surface area contributed by atoms with Crippen molar-refractivity contribution < 1.29 is 18.3 Å². The molecule has 0 saturated heterocycles. The molecule has 1 aromatic heterocycles. The molecular formula is C9H13NO4S2. The predicted octanol–water partition coefficient (Wildman–Crippen LogP) is 1.52. The highest BCUT2D eigenvalue weighted by Gasteiger charge is 2.20. The van der Waals surface area contributed by atoms with Crippen LogP contribution in [0.3, 0.4) is 0 Å². The molecule has 0 aliphatic rings. The van der Waals surface area contributed by atoms with Gasteiger partial charge in [0.15, 0.2) is 0 Å². The van der Waals surface area contributed by atoms with E-state index < -0.39 is 16.0 Å². The molecule has 1 rings (SSSR count). The molecule has 0 spiro atoms. The van der Waals surface area contributed by atoms with Gasteiger partial charge in [-0.15, -0.1) is 11.3 Å². The Hall–Kier alpha value is -0.920. The summed E-state index contributed by atoms with van der Waals surface area (Å²) in [6.07, 6.45) is 0.677. The summed E-state index contributed by atoms with van der Waals surface area (Å²) in [6.45, 7) is 3.62. The zero-order valence-corrected chi connectivity index (χ0v) is 10.6. The van der Waals surface area contributed by atoms with Crippen molar-refractivity contribution in [2.45, 2.75) is 30.5 Å². The zero-order chi connectivity index (χ0) is 12.3. The van der Waals surface area contributed by atoms with Gasteiger partial charge in [-0.3, -0.25) is 0 Å². The molecule has 0 bridgehead atoms. The largest absolute Gasteiger partial charge is 0.478 e. The molecule has 0 radical (unpaired) electrons. The average molecular weight is 263 g/mol. The lowest BCUT2D eigenvalue weighted by Gasteiger charge is -2.10. The smallest absolute Gasteiger partial charge is 0.336 e. The van der Waals surface area contributed by atoms with Crippen molar-refractivity contribution in [1.29, 1.82) is 0 Å². The van der Waals surface area contributed by atoms with E-state index in [0.29, 0.717) is 6.42 Å². The molecule has 16 heavy (non-hydrogen) atoms. The van der Waals surface area contributed by atoms with E-state index in [9.17, 15) is 13.2 Å². The maximum Gasteiger partial charge on any atom is 0.336 e. The summed E-state index contributed by atoms with van der Waals surface area (Å²) in [5, 5.41) is 10.00. The van der Waals surface area contributed by atoms with Crippen LogP contribution in [-0.2, 0) is 10.0 Å². The first-order valence-electron chi connectivity index (χ1n) is 4.71. The van der Waals surface area contributed by atoms with Crippen LogP contribution in [0.2, 0.25) is 0 Å². The van der Waals surface area contributed by atoms with Gasteiger partial charge in [-0.1, -0.05) is 6.92 Å². The monoisotopic (exact) mass is 263 g/mol. The van der Waals surface area contributed by atoms with Gasteiger partial charge in [0.05, 0.1) is 5.56 Å². The summed E-state index contributed by atoms with van der Waals surface area (Å²) < 4.78 is 26.0. The number of sulfonamides is 1. The molecule has 7 heteroatoms. The number of aromatic carboxylic acids is 1. The highest BCUT2D eigenvalue weighted by molar-refractivity contribution is 7.91. The van der Waals surface area contributed by atoms with Gasteiger partial charge in [0.1, 0.15) is 4.21 Å². The molecule has 0 fully saturated rings. The fraction of sp³-hybridized carbons (Fsp3) is 0.444. The molecule has 2 N–H and O–H groups in total. The molecular weight excluding hydrogens is 250 g/mol. The molecule has 1 heterocycles. The average Bonchev–Trinajstić information content (AvgIpc) is 2.66. The van der Waals surface area contributed by atoms with Crippen molar-refractivity contribution in [3.63, 3.8) is 0 Å². The normalized spacial score (nSPS) is 13.6. The van der Waals surface area contributed by atoms with Crippen LogP contribution < -0.4 is 4.72 Å². The van der Waals surface area contributed by atoms with Crippen LogP contribution in [0.1, 0.15) is 30.6 Å². The number of rotatable bonds is 5. The third kappa shape index (κ3) is 3.03. The van der Waals surface area contributed by atoms with Gasteiger partial charge in [-0.25, -0.2) is 17.9 Å². The van der Waals surface area contributed by atoms with E-state index in [1.807, 2.05) is 6.92 Å². The van der Waals surface area contributed by atoms with Crippen LogP contribution in [0.4, 0.5) is 0 Å². The number of nitrogens with one attached hydrogen (secondary N) is 1. The maximum absolute atomic E-state index is 11.7. The highest BCUT2D eigenvalue weighted by Crippen LogP contribution is 2.20. The van der Waals surface area contributed by atoms with Crippen molar-refractivity contribution in [2.24, 2.45) is 0 Å². The van der Waals surface area contributed by atoms with E-state index in [1.165, 1.54) is 5.38 Å². The lowest BCUT2D eigenvalue weighted by molar-refractivity contribution is 0.0697. The van der Waals surface area contributed by atoms with Crippen LogP contribution in [-0.4, -0.2) is 25.5 Å². The fourth-order valence-electron chi connectivity index (χ4n) is 0.976. The minimum absolute atomic E-state index is 0.00507. The van der Waals surface area contributed by atoms with Gasteiger partial charge in [0, 0.05) is 11.4 Å². The quantitative estimate of drug-likeness (QED) is 0.843. The molecule has 0 amide bonds. The first-order chi connectivity index (χ1) is 7.36. The van der Waals surface area contributed by atoms with Crippen LogP contribution in [0.5, 0.6) is 0 Å². The minimum atomic E-state index is -3.58. The van der Waals surface area contributed by atoms with Crippen molar-refractivity contribution in [2.75, 3.05) is 0 Å². The van der Waals surface area contributed by atoms with Crippen LogP contribution >= 0.6 is 11.3 Å². The van der Waals surface area contributed by atoms with Crippen LogP contribution in [0.15, 0.2) is 15.7 Å². The number of carboxylic acid groups (broad SMARTS) is 1. The molecule has 1 atom stereocenters. The van der Waals surface area contributed by atoms with Gasteiger partial charge >= 0.3 is 5.97 Å². The molecule has 0 aliphatic heterocycles. The first-order valence-corrected chi connectivity index (χ1v) is 7.07. The van der Waals surface area contributed by atoms with E-state index in [1.54, 1.807) is 6.92 Å². The standard InChI is InChI=1S/C9H13NO4S2/c1-3-6(2)10-16(13,14)8-4-7(5-15-8)9(11)12/h4-6,10H,3H2,1-2H3,(H,11,12)/t6-/m0/s1. The molecule has 0 aromatic carbocycles. The number of carboxylic acids is 1. The Labute approximate surface area is 98.2 Å². The van der Waals surface area contributed by atoms with Crippen molar-refractivity contribution >= 4 is 27.3 Å². The maximum atomic E-state index is 11.7. The van der Waals surface area contributed by atoms with Gasteiger partial charge in [-0.2, -0.15) is 0 Å². The topological polar surface area (TPSA) is 83.5 Å². The summed E-state index contributed by atoms with van der Waals surface area (Å²) in [5.41, 5.74) is -0.00507. The highest BCUT2D eigenvalue weighted by atomic mass is 32.2. The Balaban J connectivity index is 2.94. The Kier molecular flexibility index (Phi) is 4.06. The summed E-state index contributed by atoms with van der Waals surface area (Å²) in [6, 6.07) is 0.998. The third-order valence-corrected chi connectivity index (χ3v) is 5.09. The Morgan fingerprint density at radius 2 is 2.25 bits per heavy atom. The Morgan fingerprint density at radius 1 is 1.62 bits per heavy atom. The van der Waals surface area contributed by atoms with E-state index >= 15 is 0 Å². The van der Waals surface area contributed by atoms with E-state index in [4.69, 9.17) is 5.11 Å². The second-order valence-electron chi connectivity index (χ2n) is 3.39. The molecule has 5 nitrogen and oxygen atoms in total. The first kappa shape index (κ1) is 13.1. The SMILES string of the molecule is CC[C@H](C)NS(=O)(=O)c1cc(C(=O)O)cs1. The van der Waals surface area contributed by atoms with E-state index in [0.717, 1.165) is 17.4 Å². The van der Waals surface area contributed by atoms with Gasteiger partial charge in [0.2, 0.25) is 10.0 Å². The molecule has 90 valence electrons. The fourth-order valence-corrected chi connectivity index (χ4v) is 3.47. The number of hydrogen-bond acceptors (Lipinski definition) is 4. The van der Waals surface area contributed by atoms with Gasteiger partial charge in [-0.05, 0) is 19.4 Å².